The van der Waals surface area contributed by atoms with Crippen molar-refractivity contribution in [3.63, 3.8) is 0 Å². The number of ether oxygens (including phenoxy) is 1. The average Bonchev–Trinajstić information content (AvgIpc) is 2.98. The van der Waals surface area contributed by atoms with Crippen molar-refractivity contribution in [1.29, 1.82) is 0 Å². The molecule has 0 spiro atoms. The van der Waals surface area contributed by atoms with E-state index in [1.54, 1.807) is 12.4 Å². The second kappa shape index (κ2) is 6.58. The molecule has 0 fully saturated rings. The van der Waals surface area contributed by atoms with Gasteiger partial charge >= 0.3 is 0 Å². The normalized spacial score (nSPS) is 11.2. The molecule has 4 N–H and O–H groups in total. The first-order valence-corrected chi connectivity index (χ1v) is 7.93. The minimum atomic E-state index is -3.89. The van der Waals surface area contributed by atoms with Crippen LogP contribution in [0.1, 0.15) is 15.9 Å². The first-order chi connectivity index (χ1) is 10.4. The number of H-pyrrole nitrogens is 1. The Morgan fingerprint density at radius 3 is 2.82 bits per heavy atom. The summed E-state index contributed by atoms with van der Waals surface area (Å²) in [4.78, 5) is 12.0. The maximum absolute atomic E-state index is 12.2. The third-order valence-electron chi connectivity index (χ3n) is 3.00. The quantitative estimate of drug-likeness (QED) is 0.691. The van der Waals surface area contributed by atoms with E-state index in [1.165, 1.54) is 25.3 Å². The number of benzene rings is 1. The number of amides is 1. The number of rotatable bonds is 6. The zero-order valence-corrected chi connectivity index (χ0v) is 12.7. The van der Waals surface area contributed by atoms with E-state index in [4.69, 9.17) is 9.88 Å². The number of aromatic nitrogens is 2. The lowest BCUT2D eigenvalue weighted by atomic mass is 10.2. The molecule has 1 amide bonds. The lowest BCUT2D eigenvalue weighted by Crippen LogP contribution is -2.26. The van der Waals surface area contributed by atoms with Crippen LogP contribution < -0.4 is 15.2 Å². The number of primary sulfonamides is 1. The Morgan fingerprint density at radius 2 is 2.23 bits per heavy atom. The Kier molecular flexibility index (Phi) is 4.78. The van der Waals surface area contributed by atoms with Crippen molar-refractivity contribution >= 4 is 15.9 Å². The molecular formula is C13H16N4O4S. The number of nitrogens with two attached hydrogens (primary N) is 1. The van der Waals surface area contributed by atoms with E-state index >= 15 is 0 Å². The first-order valence-electron chi connectivity index (χ1n) is 6.38. The molecule has 22 heavy (non-hydrogen) atoms. The Balaban J connectivity index is 2.13. The molecule has 8 nitrogen and oxygen atoms in total. The third kappa shape index (κ3) is 3.83. The number of nitrogens with zero attached hydrogens (tertiary/aromatic N) is 1. The summed E-state index contributed by atoms with van der Waals surface area (Å²) in [7, 11) is -2.49. The summed E-state index contributed by atoms with van der Waals surface area (Å²) in [6, 6.07) is 3.88. The standard InChI is InChI=1S/C13H16N4O4S/c1-21-12-3-2-10(22(14,19)20)6-11(12)13(18)15-5-4-9-7-16-17-8-9/h2-3,6-8H,4-5H2,1H3,(H,15,18)(H,16,17)(H2,14,19,20). The van der Waals surface area contributed by atoms with Crippen LogP contribution >= 0.6 is 0 Å². The smallest absolute Gasteiger partial charge is 0.255 e. The van der Waals surface area contributed by atoms with E-state index in [0.29, 0.717) is 13.0 Å². The third-order valence-corrected chi connectivity index (χ3v) is 3.91. The Labute approximate surface area is 127 Å². The summed E-state index contributed by atoms with van der Waals surface area (Å²) in [5.74, 6) is -0.168. The second-order valence-electron chi connectivity index (χ2n) is 4.52. The number of hydrogen-bond donors (Lipinski definition) is 3. The molecule has 118 valence electrons. The average molecular weight is 324 g/mol. The number of methoxy groups -OCH3 is 1. The zero-order valence-electron chi connectivity index (χ0n) is 11.9. The van der Waals surface area contributed by atoms with Crippen LogP contribution in [0.3, 0.4) is 0 Å². The molecular weight excluding hydrogens is 308 g/mol. The molecule has 1 heterocycles. The number of nitrogens with one attached hydrogen (secondary N) is 2. The van der Waals surface area contributed by atoms with Crippen LogP contribution in [0.25, 0.3) is 0 Å². The van der Waals surface area contributed by atoms with Crippen LogP contribution in [0, 0.1) is 0 Å². The summed E-state index contributed by atoms with van der Waals surface area (Å²) in [6.45, 7) is 0.376. The predicted octanol–water partition coefficient (Wildman–Crippen LogP) is 0.0382. The molecule has 0 unspecified atom stereocenters. The molecule has 0 atom stereocenters. The van der Waals surface area contributed by atoms with Gasteiger partial charge in [0.25, 0.3) is 5.91 Å². The van der Waals surface area contributed by atoms with Gasteiger partial charge in [0.15, 0.2) is 0 Å². The van der Waals surface area contributed by atoms with Crippen LogP contribution in [-0.4, -0.2) is 38.2 Å². The van der Waals surface area contributed by atoms with Crippen molar-refractivity contribution in [2.45, 2.75) is 11.3 Å². The summed E-state index contributed by atoms with van der Waals surface area (Å²) in [5, 5.41) is 14.2. The summed E-state index contributed by atoms with van der Waals surface area (Å²) >= 11 is 0. The van der Waals surface area contributed by atoms with E-state index in [0.717, 1.165) is 5.56 Å². The van der Waals surface area contributed by atoms with Crippen molar-refractivity contribution in [3.05, 3.63) is 41.7 Å². The maximum atomic E-state index is 12.2. The highest BCUT2D eigenvalue weighted by Crippen LogP contribution is 2.21. The Bertz CT molecular complexity index is 756. The van der Waals surface area contributed by atoms with Crippen LogP contribution in [-0.2, 0) is 16.4 Å². The SMILES string of the molecule is COc1ccc(S(N)(=O)=O)cc1C(=O)NCCc1cn[nH]c1. The van der Waals surface area contributed by atoms with E-state index < -0.39 is 15.9 Å². The van der Waals surface area contributed by atoms with Crippen LogP contribution in [0.5, 0.6) is 5.75 Å². The molecule has 0 aliphatic carbocycles. The van der Waals surface area contributed by atoms with Gasteiger partial charge in [0, 0.05) is 12.7 Å². The van der Waals surface area contributed by atoms with Gasteiger partial charge in [-0.15, -0.1) is 0 Å². The number of sulfonamides is 1. The van der Waals surface area contributed by atoms with Gasteiger partial charge in [0.05, 0.1) is 23.8 Å². The lowest BCUT2D eigenvalue weighted by molar-refractivity contribution is 0.0951. The van der Waals surface area contributed by atoms with E-state index in [-0.39, 0.29) is 16.2 Å². The van der Waals surface area contributed by atoms with Gasteiger partial charge in [-0.3, -0.25) is 9.89 Å². The van der Waals surface area contributed by atoms with Gasteiger partial charge in [0.1, 0.15) is 5.75 Å². The molecule has 1 aromatic heterocycles. The molecule has 0 saturated heterocycles. The minimum absolute atomic E-state index is 0.112. The molecule has 9 heteroatoms. The van der Waals surface area contributed by atoms with Gasteiger partial charge in [-0.1, -0.05) is 0 Å². The van der Waals surface area contributed by atoms with Gasteiger partial charge in [0.2, 0.25) is 10.0 Å². The highest BCUT2D eigenvalue weighted by Gasteiger charge is 2.17. The fourth-order valence-corrected chi connectivity index (χ4v) is 2.41. The van der Waals surface area contributed by atoms with Crippen molar-refractivity contribution < 1.29 is 17.9 Å². The van der Waals surface area contributed by atoms with Gasteiger partial charge in [-0.25, -0.2) is 13.6 Å². The van der Waals surface area contributed by atoms with Crippen molar-refractivity contribution in [2.24, 2.45) is 5.14 Å². The molecule has 0 bridgehead atoms. The second-order valence-corrected chi connectivity index (χ2v) is 6.08. The fraction of sp³-hybridized carbons (Fsp3) is 0.231. The van der Waals surface area contributed by atoms with Crippen molar-refractivity contribution in [1.82, 2.24) is 15.5 Å². The summed E-state index contributed by atoms with van der Waals surface area (Å²) in [6.07, 6.45) is 3.99. The number of hydrogen-bond acceptors (Lipinski definition) is 5. The highest BCUT2D eigenvalue weighted by atomic mass is 32.2. The number of carbonyl (C=O) groups is 1. The molecule has 2 aromatic rings. The number of carbonyl (C=O) groups excluding carboxylic acids is 1. The Hall–Kier alpha value is -2.39. The zero-order chi connectivity index (χ0) is 16.2. The maximum Gasteiger partial charge on any atom is 0.255 e. The topological polar surface area (TPSA) is 127 Å². The lowest BCUT2D eigenvalue weighted by Gasteiger charge is -2.10. The molecule has 0 saturated carbocycles. The van der Waals surface area contributed by atoms with E-state index in [9.17, 15) is 13.2 Å². The van der Waals surface area contributed by atoms with Crippen LogP contribution in [0.15, 0.2) is 35.5 Å². The van der Waals surface area contributed by atoms with E-state index in [1.807, 2.05) is 0 Å². The molecule has 0 aliphatic heterocycles. The van der Waals surface area contributed by atoms with E-state index in [2.05, 4.69) is 15.5 Å². The van der Waals surface area contributed by atoms with Crippen molar-refractivity contribution in [3.8, 4) is 5.75 Å². The summed E-state index contributed by atoms with van der Waals surface area (Å²) < 4.78 is 27.8. The highest BCUT2D eigenvalue weighted by molar-refractivity contribution is 7.89. The van der Waals surface area contributed by atoms with Crippen LogP contribution in [0.2, 0.25) is 0 Å². The predicted molar refractivity (Wildman–Crippen MR) is 79.0 cm³/mol. The van der Waals surface area contributed by atoms with Crippen LogP contribution in [0.4, 0.5) is 0 Å². The van der Waals surface area contributed by atoms with Crippen molar-refractivity contribution in [2.75, 3.05) is 13.7 Å². The van der Waals surface area contributed by atoms with Gasteiger partial charge in [-0.05, 0) is 30.2 Å². The number of aromatic amines is 1. The Morgan fingerprint density at radius 1 is 1.45 bits per heavy atom. The molecule has 0 radical (unpaired) electrons. The summed E-state index contributed by atoms with van der Waals surface area (Å²) in [5.41, 5.74) is 1.06. The largest absolute Gasteiger partial charge is 0.496 e. The molecule has 0 aliphatic rings. The van der Waals surface area contributed by atoms with Gasteiger partial charge < -0.3 is 10.1 Å². The fourth-order valence-electron chi connectivity index (χ4n) is 1.87. The van der Waals surface area contributed by atoms with Gasteiger partial charge in [-0.2, -0.15) is 5.10 Å². The monoisotopic (exact) mass is 324 g/mol. The minimum Gasteiger partial charge on any atom is -0.496 e. The molecule has 1 aromatic carbocycles. The first kappa shape index (κ1) is 16.0. The molecule has 2 rings (SSSR count).